The van der Waals surface area contributed by atoms with Crippen molar-refractivity contribution in [2.45, 2.75) is 26.1 Å². The van der Waals surface area contributed by atoms with Gasteiger partial charge in [0.25, 0.3) is 0 Å². The van der Waals surface area contributed by atoms with E-state index >= 15 is 0 Å². The molecular formula is C8H10F2O4. The second kappa shape index (κ2) is 6.06. The van der Waals surface area contributed by atoms with Gasteiger partial charge < -0.3 is 9.47 Å². The molecule has 0 aliphatic heterocycles. The smallest absolute Gasteiger partial charge is 0.433 e. The molecule has 0 radical (unpaired) electrons. The summed E-state index contributed by atoms with van der Waals surface area (Å²) in [5.74, 6) is 0. The zero-order valence-electron chi connectivity index (χ0n) is 7.70. The number of carbonyl (C=O) groups is 2. The first-order valence-corrected chi connectivity index (χ1v) is 3.82. The molecule has 0 bridgehead atoms. The van der Waals surface area contributed by atoms with Gasteiger partial charge in [-0.3, -0.25) is 0 Å². The molecule has 6 heteroatoms. The van der Waals surface area contributed by atoms with Crippen LogP contribution in [0.5, 0.6) is 0 Å². The Labute approximate surface area is 79.5 Å². The highest BCUT2D eigenvalue weighted by molar-refractivity contribution is 5.58. The van der Waals surface area contributed by atoms with E-state index in [1.165, 1.54) is 26.0 Å². The van der Waals surface area contributed by atoms with E-state index in [0.717, 1.165) is 0 Å². The number of halogens is 2. The number of hydrogen-bond donors (Lipinski definition) is 0. The first kappa shape index (κ1) is 12.5. The summed E-state index contributed by atoms with van der Waals surface area (Å²) in [6.07, 6.45) is -2.87. The Hall–Kier alpha value is -1.46. The molecule has 0 saturated heterocycles. The average molecular weight is 208 g/mol. The highest BCUT2D eigenvalue weighted by Crippen LogP contribution is 2.00. The molecule has 80 valence electrons. The molecule has 14 heavy (non-hydrogen) atoms. The van der Waals surface area contributed by atoms with Crippen LogP contribution < -0.4 is 0 Å². The molecule has 2 unspecified atom stereocenters. The fraction of sp³-hybridized carbons (Fsp3) is 0.500. The van der Waals surface area contributed by atoms with Crippen LogP contribution >= 0.6 is 0 Å². The van der Waals surface area contributed by atoms with Crippen molar-refractivity contribution in [3.05, 3.63) is 12.2 Å². The number of carbonyl (C=O) groups excluding carboxylic acids is 2. The maximum atomic E-state index is 11.6. The molecule has 0 aliphatic rings. The standard InChI is InChI=1S/C8H10F2O4/c1-5(13-7(9)11)3-4-6(2)14-8(10)12/h3-6H,1-2H3/b4-3+. The van der Waals surface area contributed by atoms with Gasteiger partial charge in [-0.2, -0.15) is 0 Å². The third kappa shape index (κ3) is 7.20. The van der Waals surface area contributed by atoms with E-state index < -0.39 is 24.7 Å². The van der Waals surface area contributed by atoms with Crippen LogP contribution in [0.15, 0.2) is 12.2 Å². The Morgan fingerprint density at radius 2 is 1.29 bits per heavy atom. The molecule has 0 aromatic rings. The van der Waals surface area contributed by atoms with Crippen molar-refractivity contribution >= 4 is 12.4 Å². The normalized spacial score (nSPS) is 14.9. The fourth-order valence-corrected chi connectivity index (χ4v) is 0.684. The molecule has 4 nitrogen and oxygen atoms in total. The minimum atomic E-state index is -1.91. The van der Waals surface area contributed by atoms with Crippen LogP contribution in [0, 0.1) is 0 Å². The molecule has 0 heterocycles. The summed E-state index contributed by atoms with van der Waals surface area (Å²) in [6.45, 7) is 2.80. The van der Waals surface area contributed by atoms with E-state index in [4.69, 9.17) is 0 Å². The third-order valence-corrected chi connectivity index (χ3v) is 1.21. The number of hydrogen-bond acceptors (Lipinski definition) is 4. The Morgan fingerprint density at radius 1 is 1.00 bits per heavy atom. The predicted octanol–water partition coefficient (Wildman–Crippen LogP) is 2.53. The summed E-state index contributed by atoms with van der Waals surface area (Å²) in [5, 5.41) is 0. The molecule has 2 atom stereocenters. The van der Waals surface area contributed by atoms with Gasteiger partial charge in [0.05, 0.1) is 0 Å². The van der Waals surface area contributed by atoms with Crippen molar-refractivity contribution in [3.63, 3.8) is 0 Å². The summed E-state index contributed by atoms with van der Waals surface area (Å²) < 4.78 is 31.5. The van der Waals surface area contributed by atoms with E-state index in [2.05, 4.69) is 9.47 Å². The summed E-state index contributed by atoms with van der Waals surface area (Å²) in [5.41, 5.74) is 0. The summed E-state index contributed by atoms with van der Waals surface area (Å²) in [4.78, 5) is 19.6. The predicted molar refractivity (Wildman–Crippen MR) is 43.2 cm³/mol. The van der Waals surface area contributed by atoms with E-state index in [9.17, 15) is 18.4 Å². The lowest BCUT2D eigenvalue weighted by Crippen LogP contribution is -2.10. The molecule has 0 N–H and O–H groups in total. The van der Waals surface area contributed by atoms with Crippen LogP contribution in [0.2, 0.25) is 0 Å². The second-order valence-electron chi connectivity index (χ2n) is 2.51. The molecule has 0 amide bonds. The molecule has 0 saturated carbocycles. The Kier molecular flexibility index (Phi) is 5.43. The Bertz CT molecular complexity index is 215. The van der Waals surface area contributed by atoms with Gasteiger partial charge in [0, 0.05) is 0 Å². The van der Waals surface area contributed by atoms with Gasteiger partial charge in [0.1, 0.15) is 12.2 Å². The van der Waals surface area contributed by atoms with Crippen LogP contribution in [0.25, 0.3) is 0 Å². The first-order valence-electron chi connectivity index (χ1n) is 3.82. The maximum Gasteiger partial charge on any atom is 0.496 e. The highest BCUT2D eigenvalue weighted by atomic mass is 19.2. The second-order valence-corrected chi connectivity index (χ2v) is 2.51. The summed E-state index contributed by atoms with van der Waals surface area (Å²) in [6, 6.07) is 0. The Morgan fingerprint density at radius 3 is 1.50 bits per heavy atom. The Balaban J connectivity index is 3.90. The topological polar surface area (TPSA) is 52.6 Å². The van der Waals surface area contributed by atoms with Crippen LogP contribution in [0.4, 0.5) is 18.4 Å². The minimum absolute atomic E-state index is 0.798. The van der Waals surface area contributed by atoms with Gasteiger partial charge in [-0.15, -0.1) is 8.78 Å². The maximum absolute atomic E-state index is 11.6. The first-order chi connectivity index (χ1) is 6.41. The zero-order valence-corrected chi connectivity index (χ0v) is 7.70. The van der Waals surface area contributed by atoms with Crippen LogP contribution in [0.1, 0.15) is 13.8 Å². The van der Waals surface area contributed by atoms with E-state index in [1.807, 2.05) is 0 Å². The highest BCUT2D eigenvalue weighted by Gasteiger charge is 2.07. The van der Waals surface area contributed by atoms with Gasteiger partial charge in [-0.25, -0.2) is 9.59 Å². The quantitative estimate of drug-likeness (QED) is 0.526. The molecule has 0 rings (SSSR count). The summed E-state index contributed by atoms with van der Waals surface area (Å²) in [7, 11) is 0. The lowest BCUT2D eigenvalue weighted by atomic mass is 10.3. The van der Waals surface area contributed by atoms with Crippen molar-refractivity contribution in [2.24, 2.45) is 0 Å². The number of ether oxygens (including phenoxy) is 2. The van der Waals surface area contributed by atoms with E-state index in [1.54, 1.807) is 0 Å². The van der Waals surface area contributed by atoms with Crippen molar-refractivity contribution < 1.29 is 27.8 Å². The molecule has 0 aliphatic carbocycles. The van der Waals surface area contributed by atoms with E-state index in [0.29, 0.717) is 0 Å². The average Bonchev–Trinajstić information content (AvgIpc) is 1.98. The molecule has 0 spiro atoms. The van der Waals surface area contributed by atoms with Crippen LogP contribution in [0.3, 0.4) is 0 Å². The van der Waals surface area contributed by atoms with Crippen molar-refractivity contribution in [1.82, 2.24) is 0 Å². The lowest BCUT2D eigenvalue weighted by Gasteiger charge is -2.06. The molecule has 0 fully saturated rings. The van der Waals surface area contributed by atoms with Gasteiger partial charge in [-0.05, 0) is 26.0 Å². The van der Waals surface area contributed by atoms with Gasteiger partial charge in [-0.1, -0.05) is 0 Å². The largest absolute Gasteiger partial charge is 0.496 e. The lowest BCUT2D eigenvalue weighted by molar-refractivity contribution is 0.0954. The van der Waals surface area contributed by atoms with Crippen LogP contribution in [-0.4, -0.2) is 24.7 Å². The van der Waals surface area contributed by atoms with Gasteiger partial charge in [0.15, 0.2) is 0 Å². The number of rotatable bonds is 4. The molecular weight excluding hydrogens is 198 g/mol. The monoisotopic (exact) mass is 208 g/mol. The molecule has 0 aromatic carbocycles. The van der Waals surface area contributed by atoms with Gasteiger partial charge in [0.2, 0.25) is 0 Å². The van der Waals surface area contributed by atoms with Crippen LogP contribution in [-0.2, 0) is 9.47 Å². The SMILES string of the molecule is CC(/C=C/C(C)OC(=O)F)OC(=O)F. The zero-order chi connectivity index (χ0) is 11.1. The van der Waals surface area contributed by atoms with E-state index in [-0.39, 0.29) is 0 Å². The van der Waals surface area contributed by atoms with Gasteiger partial charge >= 0.3 is 12.4 Å². The molecule has 0 aromatic heterocycles. The van der Waals surface area contributed by atoms with Crippen molar-refractivity contribution in [1.29, 1.82) is 0 Å². The van der Waals surface area contributed by atoms with Crippen molar-refractivity contribution in [3.8, 4) is 0 Å². The fourth-order valence-electron chi connectivity index (χ4n) is 0.684. The minimum Gasteiger partial charge on any atom is -0.433 e. The van der Waals surface area contributed by atoms with Crippen molar-refractivity contribution in [2.75, 3.05) is 0 Å². The summed E-state index contributed by atoms with van der Waals surface area (Å²) >= 11 is 0. The third-order valence-electron chi connectivity index (χ3n) is 1.21.